The summed E-state index contributed by atoms with van der Waals surface area (Å²) in [5, 5.41) is 9.32. The highest BCUT2D eigenvalue weighted by Gasteiger charge is 2.05. The Bertz CT molecular complexity index is 717. The van der Waals surface area contributed by atoms with Crippen LogP contribution in [0.4, 0.5) is 0 Å². The maximum atomic E-state index is 5.50. The number of rotatable bonds is 3. The molecule has 0 saturated carbocycles. The van der Waals surface area contributed by atoms with Crippen molar-refractivity contribution in [2.75, 3.05) is 6.54 Å². The van der Waals surface area contributed by atoms with Gasteiger partial charge in [-0.25, -0.2) is 0 Å². The average Bonchev–Trinajstić information content (AvgIpc) is 2.87. The summed E-state index contributed by atoms with van der Waals surface area (Å²) >= 11 is 0. The van der Waals surface area contributed by atoms with Crippen molar-refractivity contribution in [3.8, 4) is 11.3 Å². The van der Waals surface area contributed by atoms with Crippen molar-refractivity contribution in [1.82, 2.24) is 20.0 Å². The second-order valence-electron chi connectivity index (χ2n) is 4.52. The van der Waals surface area contributed by atoms with E-state index >= 15 is 0 Å². The summed E-state index contributed by atoms with van der Waals surface area (Å²) in [6.07, 6.45) is 1.91. The van der Waals surface area contributed by atoms with Crippen LogP contribution in [0.15, 0.2) is 36.5 Å². The molecule has 0 atom stereocenters. The van der Waals surface area contributed by atoms with Crippen LogP contribution >= 0.6 is 0 Å². The number of benzene rings is 1. The molecule has 0 saturated heterocycles. The van der Waals surface area contributed by atoms with Gasteiger partial charge in [0.2, 0.25) is 0 Å². The van der Waals surface area contributed by atoms with E-state index in [2.05, 4.69) is 27.4 Å². The van der Waals surface area contributed by atoms with Gasteiger partial charge in [-0.15, -0.1) is 5.10 Å². The largest absolute Gasteiger partial charge is 0.329 e. The third-order valence-electron chi connectivity index (χ3n) is 3.02. The number of nitrogens with two attached hydrogens (primary N) is 1. The molecule has 3 aromatic rings. The minimum absolute atomic E-state index is 0.559. The molecule has 1 aromatic carbocycles. The lowest BCUT2D eigenvalue weighted by molar-refractivity contribution is 0.598. The van der Waals surface area contributed by atoms with Gasteiger partial charge < -0.3 is 5.73 Å². The minimum atomic E-state index is 0.559. The lowest BCUT2D eigenvalue weighted by atomic mass is 10.1. The molecule has 0 bridgehead atoms. The molecule has 5 heteroatoms. The van der Waals surface area contributed by atoms with E-state index in [-0.39, 0.29) is 0 Å². The van der Waals surface area contributed by atoms with Crippen molar-refractivity contribution >= 4 is 10.9 Å². The molecule has 5 nitrogen and oxygen atoms in total. The molecule has 0 aliphatic rings. The Balaban J connectivity index is 2.02. The molecule has 0 aliphatic heterocycles. The zero-order valence-corrected chi connectivity index (χ0v) is 10.7. The summed E-state index contributed by atoms with van der Waals surface area (Å²) in [6.45, 7) is 3.23. The van der Waals surface area contributed by atoms with Gasteiger partial charge in [-0.05, 0) is 25.1 Å². The van der Waals surface area contributed by atoms with E-state index in [0.29, 0.717) is 13.1 Å². The van der Waals surface area contributed by atoms with E-state index in [9.17, 15) is 0 Å². The molecule has 2 heterocycles. The Labute approximate surface area is 111 Å². The zero-order valence-electron chi connectivity index (χ0n) is 10.7. The van der Waals surface area contributed by atoms with E-state index in [0.717, 1.165) is 27.9 Å². The zero-order chi connectivity index (χ0) is 13.2. The van der Waals surface area contributed by atoms with Crippen LogP contribution in [0.5, 0.6) is 0 Å². The second kappa shape index (κ2) is 4.78. The molecule has 0 fully saturated rings. The average molecular weight is 253 g/mol. The first-order valence-corrected chi connectivity index (χ1v) is 6.24. The Hall–Kier alpha value is -2.27. The van der Waals surface area contributed by atoms with Crippen LogP contribution in [-0.4, -0.2) is 26.5 Å². The standard InChI is InChI=1S/C14H15N5/c1-10-2-3-11-8-12(4-5-13(11)16-10)14-9-19(7-6-15)18-17-14/h2-5,8-9H,6-7,15H2,1H3. The van der Waals surface area contributed by atoms with Crippen LogP contribution in [0.2, 0.25) is 0 Å². The second-order valence-corrected chi connectivity index (χ2v) is 4.52. The molecular formula is C14H15N5. The van der Waals surface area contributed by atoms with Crippen molar-refractivity contribution in [3.63, 3.8) is 0 Å². The lowest BCUT2D eigenvalue weighted by Gasteiger charge is -2.01. The highest BCUT2D eigenvalue weighted by atomic mass is 15.4. The number of aromatic nitrogens is 4. The Morgan fingerprint density at radius 3 is 2.95 bits per heavy atom. The van der Waals surface area contributed by atoms with Crippen molar-refractivity contribution in [2.45, 2.75) is 13.5 Å². The van der Waals surface area contributed by atoms with Gasteiger partial charge in [-0.3, -0.25) is 9.67 Å². The first kappa shape index (κ1) is 11.8. The van der Waals surface area contributed by atoms with Crippen molar-refractivity contribution in [1.29, 1.82) is 0 Å². The van der Waals surface area contributed by atoms with E-state index in [1.165, 1.54) is 0 Å². The lowest BCUT2D eigenvalue weighted by Crippen LogP contribution is -2.10. The maximum absolute atomic E-state index is 5.50. The number of nitrogens with zero attached hydrogens (tertiary/aromatic N) is 4. The molecule has 0 spiro atoms. The van der Waals surface area contributed by atoms with Gasteiger partial charge in [0.15, 0.2) is 0 Å². The van der Waals surface area contributed by atoms with Crippen LogP contribution in [0.25, 0.3) is 22.2 Å². The van der Waals surface area contributed by atoms with Gasteiger partial charge in [0.1, 0.15) is 5.69 Å². The summed E-state index contributed by atoms with van der Waals surface area (Å²) < 4.78 is 1.76. The fourth-order valence-corrected chi connectivity index (χ4v) is 2.06. The Morgan fingerprint density at radius 2 is 2.11 bits per heavy atom. The summed E-state index contributed by atoms with van der Waals surface area (Å²) in [7, 11) is 0. The third-order valence-corrected chi connectivity index (χ3v) is 3.02. The first-order valence-electron chi connectivity index (χ1n) is 6.24. The first-order chi connectivity index (χ1) is 9.26. The van der Waals surface area contributed by atoms with E-state index in [4.69, 9.17) is 5.73 Å². The molecule has 0 unspecified atom stereocenters. The van der Waals surface area contributed by atoms with Gasteiger partial charge >= 0.3 is 0 Å². The third kappa shape index (κ3) is 2.32. The molecule has 19 heavy (non-hydrogen) atoms. The number of hydrogen-bond donors (Lipinski definition) is 1. The van der Waals surface area contributed by atoms with Crippen molar-refractivity contribution in [3.05, 3.63) is 42.2 Å². The maximum Gasteiger partial charge on any atom is 0.113 e. The van der Waals surface area contributed by atoms with Gasteiger partial charge in [-0.1, -0.05) is 17.3 Å². The highest BCUT2D eigenvalue weighted by Crippen LogP contribution is 2.21. The van der Waals surface area contributed by atoms with Gasteiger partial charge in [0, 0.05) is 23.2 Å². The highest BCUT2D eigenvalue weighted by molar-refractivity contribution is 5.83. The number of hydrogen-bond acceptors (Lipinski definition) is 4. The predicted molar refractivity (Wildman–Crippen MR) is 74.6 cm³/mol. The molecule has 0 radical (unpaired) electrons. The number of fused-ring (bicyclic) bond motifs is 1. The molecule has 0 aliphatic carbocycles. The number of aryl methyl sites for hydroxylation is 1. The van der Waals surface area contributed by atoms with E-state index in [1.54, 1.807) is 4.68 Å². The monoisotopic (exact) mass is 253 g/mol. The SMILES string of the molecule is Cc1ccc2cc(-c3cn(CCN)nn3)ccc2n1. The van der Waals surface area contributed by atoms with E-state index < -0.39 is 0 Å². The molecule has 2 N–H and O–H groups in total. The number of pyridine rings is 1. The molecule has 0 amide bonds. The summed E-state index contributed by atoms with van der Waals surface area (Å²) in [4.78, 5) is 4.49. The predicted octanol–water partition coefficient (Wildman–Crippen LogP) is 1.76. The summed E-state index contributed by atoms with van der Waals surface area (Å²) in [5.41, 5.74) is 9.42. The van der Waals surface area contributed by atoms with Crippen LogP contribution in [0.1, 0.15) is 5.69 Å². The fourth-order valence-electron chi connectivity index (χ4n) is 2.06. The molecule has 96 valence electrons. The normalized spacial score (nSPS) is 11.1. The molecular weight excluding hydrogens is 238 g/mol. The summed E-state index contributed by atoms with van der Waals surface area (Å²) in [6, 6.07) is 10.2. The quantitative estimate of drug-likeness (QED) is 0.772. The van der Waals surface area contributed by atoms with Crippen molar-refractivity contribution in [2.24, 2.45) is 5.73 Å². The molecule has 3 rings (SSSR count). The smallest absolute Gasteiger partial charge is 0.113 e. The van der Waals surface area contributed by atoms with Gasteiger partial charge in [-0.2, -0.15) is 0 Å². The van der Waals surface area contributed by atoms with Gasteiger partial charge in [0.05, 0.1) is 18.3 Å². The van der Waals surface area contributed by atoms with Crippen LogP contribution in [0.3, 0.4) is 0 Å². The Morgan fingerprint density at radius 1 is 1.21 bits per heavy atom. The van der Waals surface area contributed by atoms with E-state index in [1.807, 2.05) is 31.3 Å². The Kier molecular flexibility index (Phi) is 2.97. The minimum Gasteiger partial charge on any atom is -0.329 e. The van der Waals surface area contributed by atoms with Crippen LogP contribution in [0, 0.1) is 6.92 Å². The van der Waals surface area contributed by atoms with Crippen molar-refractivity contribution < 1.29 is 0 Å². The van der Waals surface area contributed by atoms with Crippen LogP contribution in [-0.2, 0) is 6.54 Å². The topological polar surface area (TPSA) is 69.6 Å². The fraction of sp³-hybridized carbons (Fsp3) is 0.214. The van der Waals surface area contributed by atoms with Crippen LogP contribution < -0.4 is 5.73 Å². The summed E-state index contributed by atoms with van der Waals surface area (Å²) in [5.74, 6) is 0. The van der Waals surface area contributed by atoms with Gasteiger partial charge in [0.25, 0.3) is 0 Å². The molecule has 2 aromatic heterocycles.